The highest BCUT2D eigenvalue weighted by Crippen LogP contribution is 2.04. The minimum Gasteiger partial charge on any atom is -0.390 e. The molecule has 0 saturated carbocycles. The predicted molar refractivity (Wildman–Crippen MR) is 53.5 cm³/mol. The lowest BCUT2D eigenvalue weighted by atomic mass is 10.0. The van der Waals surface area contributed by atoms with E-state index in [-0.39, 0.29) is 13.0 Å². The molecule has 16 heavy (non-hydrogen) atoms. The second kappa shape index (κ2) is 8.03. The molecule has 8 nitrogen and oxygen atoms in total. The highest BCUT2D eigenvalue weighted by atomic mass is 16.5. The van der Waals surface area contributed by atoms with Gasteiger partial charge in [-0.1, -0.05) is 5.11 Å². The number of hydrogen-bond donors (Lipinski definition) is 3. The first-order chi connectivity index (χ1) is 7.54. The van der Waals surface area contributed by atoms with Crippen molar-refractivity contribution in [3.8, 4) is 0 Å². The minimum absolute atomic E-state index is 0.0665. The molecule has 0 fully saturated rings. The van der Waals surface area contributed by atoms with Gasteiger partial charge >= 0.3 is 0 Å². The summed E-state index contributed by atoms with van der Waals surface area (Å²) in [6.45, 7) is -0.290. The molecule has 0 saturated heterocycles. The average Bonchev–Trinajstić information content (AvgIpc) is 2.30. The Balaban J connectivity index is 4.18. The van der Waals surface area contributed by atoms with Crippen LogP contribution in [0.4, 0.5) is 0 Å². The number of azide groups is 1. The van der Waals surface area contributed by atoms with Gasteiger partial charge < -0.3 is 20.1 Å². The number of methoxy groups -OCH3 is 1. The topological polar surface area (TPSA) is 136 Å². The van der Waals surface area contributed by atoms with Crippen LogP contribution in [0.5, 0.6) is 0 Å². The fourth-order valence-corrected chi connectivity index (χ4v) is 0.980. The van der Waals surface area contributed by atoms with E-state index in [1.54, 1.807) is 0 Å². The van der Waals surface area contributed by atoms with E-state index in [2.05, 4.69) is 14.8 Å². The van der Waals surface area contributed by atoms with E-state index in [1.165, 1.54) is 7.11 Å². The van der Waals surface area contributed by atoms with Crippen LogP contribution in [0, 0.1) is 0 Å². The number of carbonyl (C=O) groups excluding carboxylic acids is 1. The fourth-order valence-electron chi connectivity index (χ4n) is 0.980. The highest BCUT2D eigenvalue weighted by molar-refractivity contribution is 5.83. The molecule has 0 rings (SSSR count). The highest BCUT2D eigenvalue weighted by Gasteiger charge is 2.29. The van der Waals surface area contributed by atoms with Crippen molar-refractivity contribution in [3.05, 3.63) is 10.4 Å². The van der Waals surface area contributed by atoms with Gasteiger partial charge in [0.15, 0.2) is 5.78 Å². The zero-order valence-corrected chi connectivity index (χ0v) is 8.85. The molecule has 92 valence electrons. The van der Waals surface area contributed by atoms with E-state index in [9.17, 15) is 20.1 Å². The van der Waals surface area contributed by atoms with E-state index in [0.717, 1.165) is 0 Å². The number of ketones is 1. The molecule has 0 heterocycles. The van der Waals surface area contributed by atoms with Gasteiger partial charge in [-0.2, -0.15) is 0 Å². The summed E-state index contributed by atoms with van der Waals surface area (Å²) in [5.74, 6) is -0.644. The molecule has 3 atom stereocenters. The van der Waals surface area contributed by atoms with E-state index in [4.69, 9.17) is 5.53 Å². The fraction of sp³-hybridized carbons (Fsp3) is 0.875. The smallest absolute Gasteiger partial charge is 0.166 e. The first-order valence-corrected chi connectivity index (χ1v) is 4.61. The molecule has 0 spiro atoms. The third-order valence-corrected chi connectivity index (χ3v) is 1.93. The van der Waals surface area contributed by atoms with Crippen LogP contribution in [0.3, 0.4) is 0 Å². The summed E-state index contributed by atoms with van der Waals surface area (Å²) in [4.78, 5) is 13.6. The summed E-state index contributed by atoms with van der Waals surface area (Å²) in [5, 5.41) is 30.9. The summed E-state index contributed by atoms with van der Waals surface area (Å²) in [6.07, 6.45) is -4.92. The maximum Gasteiger partial charge on any atom is 0.166 e. The summed E-state index contributed by atoms with van der Waals surface area (Å²) >= 11 is 0. The third kappa shape index (κ3) is 5.06. The predicted octanol–water partition coefficient (Wildman–Crippen LogP) is -1.02. The molecule has 0 aromatic carbocycles. The van der Waals surface area contributed by atoms with Gasteiger partial charge in [-0.3, -0.25) is 4.79 Å². The van der Waals surface area contributed by atoms with E-state index in [0.29, 0.717) is 0 Å². The Morgan fingerprint density at radius 3 is 2.62 bits per heavy atom. The molecule has 8 heteroatoms. The van der Waals surface area contributed by atoms with Crippen molar-refractivity contribution in [2.45, 2.75) is 24.7 Å². The van der Waals surface area contributed by atoms with Crippen molar-refractivity contribution in [2.75, 3.05) is 20.3 Å². The van der Waals surface area contributed by atoms with E-state index in [1.807, 2.05) is 0 Å². The number of rotatable bonds is 8. The molecule has 0 amide bonds. The first-order valence-electron chi connectivity index (χ1n) is 4.61. The van der Waals surface area contributed by atoms with Crippen LogP contribution in [0.15, 0.2) is 5.11 Å². The molecule has 0 aromatic heterocycles. The second-order valence-electron chi connectivity index (χ2n) is 3.13. The van der Waals surface area contributed by atoms with Gasteiger partial charge in [0, 0.05) is 18.4 Å². The number of aliphatic hydroxyl groups excluding tert-OH is 3. The Morgan fingerprint density at radius 2 is 2.12 bits per heavy atom. The summed E-state index contributed by atoms with van der Waals surface area (Å²) < 4.78 is 4.63. The van der Waals surface area contributed by atoms with Crippen molar-refractivity contribution in [1.29, 1.82) is 0 Å². The third-order valence-electron chi connectivity index (χ3n) is 1.93. The second-order valence-corrected chi connectivity index (χ2v) is 3.13. The number of aliphatic hydroxyl groups is 3. The van der Waals surface area contributed by atoms with Gasteiger partial charge in [-0.15, -0.1) is 0 Å². The van der Waals surface area contributed by atoms with Gasteiger partial charge in [0.1, 0.15) is 12.2 Å². The van der Waals surface area contributed by atoms with Gasteiger partial charge in [0.2, 0.25) is 0 Å². The first kappa shape index (κ1) is 14.8. The van der Waals surface area contributed by atoms with Crippen molar-refractivity contribution in [1.82, 2.24) is 0 Å². The maximum absolute atomic E-state index is 11.2. The molecule has 3 N–H and O–H groups in total. The van der Waals surface area contributed by atoms with Gasteiger partial charge in [-0.05, 0) is 5.53 Å². The molecule has 0 unspecified atom stereocenters. The maximum atomic E-state index is 11.2. The van der Waals surface area contributed by atoms with Crippen LogP contribution in [0.1, 0.15) is 6.42 Å². The number of nitrogens with zero attached hydrogens (tertiary/aromatic N) is 3. The summed E-state index contributed by atoms with van der Waals surface area (Å²) in [7, 11) is 1.40. The molecule has 0 aliphatic heterocycles. The summed E-state index contributed by atoms with van der Waals surface area (Å²) in [5.41, 5.74) is 7.98. The average molecular weight is 233 g/mol. The normalized spacial score (nSPS) is 16.0. The zero-order valence-electron chi connectivity index (χ0n) is 8.85. The Morgan fingerprint density at radius 1 is 1.50 bits per heavy atom. The largest absolute Gasteiger partial charge is 0.390 e. The van der Waals surface area contributed by atoms with Gasteiger partial charge in [0.05, 0.1) is 19.3 Å². The summed E-state index contributed by atoms with van der Waals surface area (Å²) in [6, 6.07) is 0. The Labute approximate surface area is 92.1 Å². The number of carbonyl (C=O) groups is 1. The number of ether oxygens (including phenoxy) is 1. The monoisotopic (exact) mass is 233 g/mol. The molecule has 0 aliphatic rings. The lowest BCUT2D eigenvalue weighted by molar-refractivity contribution is -0.138. The van der Waals surface area contributed by atoms with Crippen LogP contribution in [-0.2, 0) is 9.53 Å². The quantitative estimate of drug-likeness (QED) is 0.280. The Bertz CT molecular complexity index is 266. The van der Waals surface area contributed by atoms with Crippen LogP contribution in [0.25, 0.3) is 10.4 Å². The molecule has 0 radical (unpaired) electrons. The Kier molecular flexibility index (Phi) is 7.44. The lowest BCUT2D eigenvalue weighted by Gasteiger charge is -2.20. The van der Waals surface area contributed by atoms with E-state index >= 15 is 0 Å². The number of Topliss-reactive ketones (excluding diaryl/α,β-unsaturated/α-hetero) is 1. The van der Waals surface area contributed by atoms with Gasteiger partial charge in [-0.25, -0.2) is 0 Å². The molecule has 0 aromatic rings. The van der Waals surface area contributed by atoms with Crippen molar-refractivity contribution in [2.24, 2.45) is 5.11 Å². The van der Waals surface area contributed by atoms with Crippen molar-refractivity contribution < 1.29 is 24.9 Å². The van der Waals surface area contributed by atoms with Crippen LogP contribution >= 0.6 is 0 Å². The number of hydrogen-bond acceptors (Lipinski definition) is 6. The molecule has 0 bridgehead atoms. The Hall–Kier alpha value is -1.18. The molecule has 0 aliphatic carbocycles. The lowest BCUT2D eigenvalue weighted by Crippen LogP contribution is -2.43. The van der Waals surface area contributed by atoms with Crippen LogP contribution < -0.4 is 0 Å². The van der Waals surface area contributed by atoms with Crippen LogP contribution in [-0.4, -0.2) is 59.7 Å². The van der Waals surface area contributed by atoms with Gasteiger partial charge in [0.25, 0.3) is 0 Å². The minimum atomic E-state index is -1.71. The van der Waals surface area contributed by atoms with Crippen molar-refractivity contribution in [3.63, 3.8) is 0 Å². The van der Waals surface area contributed by atoms with E-state index < -0.39 is 30.6 Å². The molecular formula is C8H15N3O5. The SMILES string of the molecule is COCCC(=O)[C@@H](O)[C@H](O)[C@@H](O)CN=[N+]=[N-]. The van der Waals surface area contributed by atoms with Crippen LogP contribution in [0.2, 0.25) is 0 Å². The zero-order chi connectivity index (χ0) is 12.6. The standard InChI is InChI=1S/C8H15N3O5/c1-16-3-2-5(12)7(14)8(15)6(13)4-10-11-9/h6-8,13-15H,2-4H2,1H3/t6-,7+,8+/m0/s1. The molecular weight excluding hydrogens is 218 g/mol. The van der Waals surface area contributed by atoms with Crippen molar-refractivity contribution >= 4 is 5.78 Å².